The Labute approximate surface area is 419 Å². The monoisotopic (exact) mass is 1050 g/mol. The molecule has 74 heavy (non-hydrogen) atoms. The molecular formula is C51H42F9N9O4S. The Bertz CT molecular complexity index is 3390. The second-order valence-electron chi connectivity index (χ2n) is 18.7. The number of alkyl halides is 6. The van der Waals surface area contributed by atoms with Gasteiger partial charge in [0.2, 0.25) is 5.91 Å². The summed E-state index contributed by atoms with van der Waals surface area (Å²) >= 11 is 1.06. The number of primary amides is 1. The van der Waals surface area contributed by atoms with Gasteiger partial charge in [-0.2, -0.15) is 13.9 Å². The predicted molar refractivity (Wildman–Crippen MR) is 251 cm³/mol. The van der Waals surface area contributed by atoms with Crippen molar-refractivity contribution in [3.05, 3.63) is 141 Å². The first-order valence-corrected chi connectivity index (χ1v) is 23.7. The molecule has 23 heteroatoms. The molecule has 1 aliphatic heterocycles. The molecule has 0 radical (unpaired) electrons. The summed E-state index contributed by atoms with van der Waals surface area (Å²) in [5.41, 5.74) is 1.31. The highest BCUT2D eigenvalue weighted by Gasteiger charge is 2.55. The molecule has 0 spiro atoms. The van der Waals surface area contributed by atoms with Gasteiger partial charge in [0, 0.05) is 48.3 Å². The normalized spacial score (nSPS) is 16.4. The number of aromatic nitrogens is 6. The number of carbonyl (C=O) groups excluding carboxylic acids is 3. The zero-order chi connectivity index (χ0) is 53.0. The molecule has 5 heterocycles. The fourth-order valence-corrected chi connectivity index (χ4v) is 9.80. The van der Waals surface area contributed by atoms with E-state index in [4.69, 9.17) is 20.4 Å². The fraction of sp³-hybridized carbons (Fsp3) is 0.314. The van der Waals surface area contributed by atoms with E-state index in [-0.39, 0.29) is 43.8 Å². The topological polar surface area (TPSA) is 174 Å². The van der Waals surface area contributed by atoms with E-state index >= 15 is 17.6 Å². The number of nitrogens with zero attached hydrogens (tertiary/aromatic N) is 6. The van der Waals surface area contributed by atoms with Gasteiger partial charge in [0.05, 0.1) is 39.3 Å². The van der Waals surface area contributed by atoms with Gasteiger partial charge in [-0.25, -0.2) is 50.5 Å². The Morgan fingerprint density at radius 2 is 1.61 bits per heavy atom. The largest absolute Gasteiger partial charge is 0.444 e. The summed E-state index contributed by atoms with van der Waals surface area (Å²) in [6, 6.07) is 12.6. The second-order valence-corrected chi connectivity index (χ2v) is 19.8. The lowest BCUT2D eigenvalue weighted by atomic mass is 9.89. The smallest absolute Gasteiger partial charge is 0.410 e. The van der Waals surface area contributed by atoms with Gasteiger partial charge in [-0.3, -0.25) is 19.2 Å². The molecular weight excluding hydrogens is 1010 g/mol. The molecule has 0 saturated carbocycles. The van der Waals surface area contributed by atoms with Gasteiger partial charge in [-0.1, -0.05) is 24.1 Å². The van der Waals surface area contributed by atoms with E-state index in [1.807, 2.05) is 12.1 Å². The minimum absolute atomic E-state index is 0.0155. The molecule has 9 rings (SSSR count). The van der Waals surface area contributed by atoms with Crippen molar-refractivity contribution in [2.75, 3.05) is 6.54 Å². The Kier molecular flexibility index (Phi) is 13.6. The molecule has 2 atom stereocenters. The van der Waals surface area contributed by atoms with Crippen LogP contribution in [0.1, 0.15) is 120 Å². The average Bonchev–Trinajstić information content (AvgIpc) is 4.15. The Morgan fingerprint density at radius 3 is 2.30 bits per heavy atom. The molecule has 2 aliphatic rings. The number of H-pyrrole nitrogens is 1. The number of fused-ring (bicyclic) bond motifs is 2. The molecule has 3 amide bonds. The summed E-state index contributed by atoms with van der Waals surface area (Å²) < 4.78 is 139. The van der Waals surface area contributed by atoms with Crippen molar-refractivity contribution in [3.8, 4) is 34.2 Å². The zero-order valence-electron chi connectivity index (χ0n) is 39.3. The lowest BCUT2D eigenvalue weighted by Gasteiger charge is -2.29. The van der Waals surface area contributed by atoms with Crippen LogP contribution in [0.5, 0.6) is 0 Å². The standard InChI is InChI=1S/C51H42F9N9O4S/c1-49(2,3)73-48(72)68-16-4-5-36(68)46-62-23-35(64-46)27-9-6-25(7-10-27)8-13-39-65-47-37(74-39)22-31(28-11-12-33(54)32(20-28)45(61)71)41(66-47)34(19-26-17-29(52)21-30(53)18-26)63-38(70)24-69-43-40(42(67-69)44(55)56)50(57,58)14-15-51(43,59)60/h6-7,9-12,17-18,20-23,34,36,44H,4-5,14-16,19,24H2,1-3H3,(H2,61,71)(H,62,64)(H,63,70)/t34-,36-/m0/s1. The highest BCUT2D eigenvalue weighted by molar-refractivity contribution is 7.19. The van der Waals surface area contributed by atoms with Crippen LogP contribution in [0.15, 0.2) is 72.9 Å². The molecule has 0 unspecified atom stereocenters. The lowest BCUT2D eigenvalue weighted by molar-refractivity contribution is -0.123. The van der Waals surface area contributed by atoms with Gasteiger partial charge in [-0.05, 0) is 99.5 Å². The summed E-state index contributed by atoms with van der Waals surface area (Å²) in [6.07, 6.45) is -4.29. The van der Waals surface area contributed by atoms with Crippen molar-refractivity contribution in [1.82, 2.24) is 39.9 Å². The number of rotatable bonds is 11. The number of pyridine rings is 1. The highest BCUT2D eigenvalue weighted by Crippen LogP contribution is 2.52. The van der Waals surface area contributed by atoms with Crippen molar-refractivity contribution >= 4 is 39.6 Å². The van der Waals surface area contributed by atoms with Crippen LogP contribution in [0, 0.1) is 29.3 Å². The van der Waals surface area contributed by atoms with E-state index in [2.05, 4.69) is 32.2 Å². The Balaban J connectivity index is 1.06. The molecule has 1 saturated heterocycles. The summed E-state index contributed by atoms with van der Waals surface area (Å²) in [5.74, 6) is -7.03. The first-order valence-electron chi connectivity index (χ1n) is 22.9. The van der Waals surface area contributed by atoms with Crippen molar-refractivity contribution in [2.24, 2.45) is 5.73 Å². The van der Waals surface area contributed by atoms with Crippen LogP contribution >= 0.6 is 11.3 Å². The van der Waals surface area contributed by atoms with E-state index in [9.17, 15) is 36.3 Å². The maximum Gasteiger partial charge on any atom is 0.410 e. The van der Waals surface area contributed by atoms with Crippen LogP contribution in [0.3, 0.4) is 0 Å². The van der Waals surface area contributed by atoms with Crippen LogP contribution in [-0.4, -0.2) is 64.7 Å². The first kappa shape index (κ1) is 51.2. The number of halogens is 9. The molecule has 3 aromatic carbocycles. The third kappa shape index (κ3) is 10.7. The van der Waals surface area contributed by atoms with Crippen molar-refractivity contribution in [2.45, 2.75) is 95.4 Å². The van der Waals surface area contributed by atoms with Gasteiger partial charge in [-0.15, -0.1) is 11.3 Å². The molecule has 384 valence electrons. The maximum absolute atomic E-state index is 15.3. The number of carbonyl (C=O) groups is 3. The summed E-state index contributed by atoms with van der Waals surface area (Å²) in [6.45, 7) is 4.64. The number of thiazole rings is 1. The molecule has 13 nitrogen and oxygen atoms in total. The first-order chi connectivity index (χ1) is 34.9. The quantitative estimate of drug-likeness (QED) is 0.0848. The van der Waals surface area contributed by atoms with E-state index < -0.39 is 114 Å². The number of amides is 3. The van der Waals surface area contributed by atoms with Gasteiger partial charge < -0.3 is 20.8 Å². The van der Waals surface area contributed by atoms with Crippen LogP contribution in [0.2, 0.25) is 0 Å². The average molecular weight is 1050 g/mol. The Hall–Kier alpha value is -7.74. The number of hydrogen-bond acceptors (Lipinski definition) is 9. The SMILES string of the molecule is CC(C)(C)OC(=O)N1CCC[C@H]1c1nc(-c2ccc(C#Cc3nc4nc([C@H](Cc5cc(F)cc(F)c5)NC(=O)Cn5nc(C(F)F)c6c5C(F)(F)CCC6(F)F)c(-c5ccc(F)c(C(N)=O)c5)cc4s3)cc2)c[nH]1. The van der Waals surface area contributed by atoms with Gasteiger partial charge in [0.15, 0.2) is 10.7 Å². The molecule has 4 N–H and O–H groups in total. The van der Waals surface area contributed by atoms with Crippen LogP contribution in [-0.2, 0) is 34.3 Å². The number of imidazole rings is 1. The van der Waals surface area contributed by atoms with E-state index in [1.54, 1.807) is 44.0 Å². The van der Waals surface area contributed by atoms with Crippen LogP contribution < -0.4 is 11.1 Å². The summed E-state index contributed by atoms with van der Waals surface area (Å²) in [5, 5.41) is 6.09. The van der Waals surface area contributed by atoms with E-state index in [0.717, 1.165) is 47.6 Å². The maximum atomic E-state index is 15.3. The number of ether oxygens (including phenoxy) is 1. The zero-order valence-corrected chi connectivity index (χ0v) is 40.1. The second kappa shape index (κ2) is 19.6. The Morgan fingerprint density at radius 1 is 0.905 bits per heavy atom. The minimum Gasteiger partial charge on any atom is -0.444 e. The number of aromatic amines is 1. The fourth-order valence-electron chi connectivity index (χ4n) is 9.00. The van der Waals surface area contributed by atoms with E-state index in [0.29, 0.717) is 40.8 Å². The van der Waals surface area contributed by atoms with Gasteiger partial charge >= 0.3 is 6.09 Å². The van der Waals surface area contributed by atoms with Crippen LogP contribution in [0.25, 0.3) is 32.7 Å². The molecule has 1 aliphatic carbocycles. The number of nitrogens with one attached hydrogen (secondary N) is 2. The number of likely N-dealkylation sites (tertiary alicyclic amines) is 1. The molecule has 7 aromatic rings. The number of benzene rings is 3. The van der Waals surface area contributed by atoms with Gasteiger partial charge in [0.25, 0.3) is 24.2 Å². The third-order valence-corrected chi connectivity index (χ3v) is 13.1. The molecule has 1 fully saturated rings. The summed E-state index contributed by atoms with van der Waals surface area (Å²) in [4.78, 5) is 58.1. The highest BCUT2D eigenvalue weighted by atomic mass is 32.1. The van der Waals surface area contributed by atoms with E-state index in [1.165, 1.54) is 12.1 Å². The lowest BCUT2D eigenvalue weighted by Crippen LogP contribution is -2.37. The third-order valence-electron chi connectivity index (χ3n) is 12.2. The van der Waals surface area contributed by atoms with Crippen LogP contribution in [0.4, 0.5) is 44.3 Å². The van der Waals surface area contributed by atoms with Gasteiger partial charge in [0.1, 0.15) is 46.8 Å². The van der Waals surface area contributed by atoms with Crippen molar-refractivity contribution < 1.29 is 58.6 Å². The number of nitrogens with two attached hydrogens (primary N) is 1. The molecule has 0 bridgehead atoms. The summed E-state index contributed by atoms with van der Waals surface area (Å²) in [7, 11) is 0. The molecule has 4 aromatic heterocycles. The predicted octanol–water partition coefficient (Wildman–Crippen LogP) is 10.9. The minimum atomic E-state index is -4.13. The van der Waals surface area contributed by atoms with Crippen molar-refractivity contribution in [1.29, 1.82) is 0 Å². The van der Waals surface area contributed by atoms with Crippen molar-refractivity contribution in [3.63, 3.8) is 0 Å². The number of hydrogen-bond donors (Lipinski definition) is 3.